The molecule has 0 amide bonds. The van der Waals surface area contributed by atoms with E-state index in [1.807, 2.05) is 0 Å². The topological polar surface area (TPSA) is 89.8 Å². The Morgan fingerprint density at radius 1 is 1.42 bits per heavy atom. The van der Waals surface area contributed by atoms with Gasteiger partial charge in [0.2, 0.25) is 0 Å². The molecule has 0 saturated heterocycles. The van der Waals surface area contributed by atoms with Gasteiger partial charge in [-0.25, -0.2) is 0 Å². The third-order valence-corrected chi connectivity index (χ3v) is 3.06. The van der Waals surface area contributed by atoms with Crippen LogP contribution < -0.4 is 5.32 Å². The lowest BCUT2D eigenvalue weighted by atomic mass is 9.95. The standard InChI is InChI=1S/C13H18ClNO4/c1-15-5-4-11(16)13(19)10-3-2-9(14)6-8(10)7-12(17)18/h2-3,6,11,13,15-16,19H,4-5,7H2,1H3,(H,17,18). The quantitative estimate of drug-likeness (QED) is 0.600. The van der Waals surface area contributed by atoms with Gasteiger partial charge in [0.05, 0.1) is 12.5 Å². The number of nitrogens with one attached hydrogen (secondary N) is 1. The summed E-state index contributed by atoms with van der Waals surface area (Å²) in [5.74, 6) is -1.01. The second kappa shape index (κ2) is 7.45. The van der Waals surface area contributed by atoms with Crippen LogP contribution in [0.25, 0.3) is 0 Å². The summed E-state index contributed by atoms with van der Waals surface area (Å²) in [6.07, 6.45) is -1.96. The first-order valence-corrected chi connectivity index (χ1v) is 6.34. The summed E-state index contributed by atoms with van der Waals surface area (Å²) in [6, 6.07) is 4.61. The van der Waals surface area contributed by atoms with Gasteiger partial charge < -0.3 is 20.6 Å². The van der Waals surface area contributed by atoms with E-state index in [2.05, 4.69) is 5.32 Å². The number of hydrogen-bond donors (Lipinski definition) is 4. The summed E-state index contributed by atoms with van der Waals surface area (Å²) in [5, 5.41) is 32.1. The molecule has 0 aliphatic carbocycles. The Bertz CT molecular complexity index is 439. The second-order valence-corrected chi connectivity index (χ2v) is 4.75. The number of carbonyl (C=O) groups is 1. The Morgan fingerprint density at radius 3 is 2.68 bits per heavy atom. The minimum atomic E-state index is -1.13. The van der Waals surface area contributed by atoms with Crippen LogP contribution >= 0.6 is 11.6 Å². The lowest BCUT2D eigenvalue weighted by Gasteiger charge is -2.20. The minimum absolute atomic E-state index is 0.244. The van der Waals surface area contributed by atoms with Gasteiger partial charge in [-0.15, -0.1) is 0 Å². The summed E-state index contributed by atoms with van der Waals surface area (Å²) in [7, 11) is 1.75. The van der Waals surface area contributed by atoms with E-state index in [1.54, 1.807) is 19.2 Å². The summed E-state index contributed by atoms with van der Waals surface area (Å²) >= 11 is 5.82. The van der Waals surface area contributed by atoms with E-state index in [4.69, 9.17) is 16.7 Å². The number of benzene rings is 1. The average Bonchev–Trinajstić information content (AvgIpc) is 2.34. The van der Waals surface area contributed by atoms with Crippen LogP contribution in [0.2, 0.25) is 5.02 Å². The van der Waals surface area contributed by atoms with Crippen LogP contribution in [0.1, 0.15) is 23.7 Å². The normalized spacial score (nSPS) is 14.1. The summed E-state index contributed by atoms with van der Waals surface area (Å²) < 4.78 is 0. The first-order valence-electron chi connectivity index (χ1n) is 5.96. The molecule has 1 rings (SSSR count). The molecule has 0 saturated carbocycles. The van der Waals surface area contributed by atoms with Crippen LogP contribution in [0.4, 0.5) is 0 Å². The second-order valence-electron chi connectivity index (χ2n) is 4.32. The highest BCUT2D eigenvalue weighted by Crippen LogP contribution is 2.26. The molecule has 0 bridgehead atoms. The molecule has 0 radical (unpaired) electrons. The zero-order valence-corrected chi connectivity index (χ0v) is 11.4. The third-order valence-electron chi connectivity index (χ3n) is 2.82. The predicted octanol–water partition coefficient (Wildman–Crippen LogP) is 0.971. The molecule has 0 fully saturated rings. The Hall–Kier alpha value is -1.14. The zero-order valence-electron chi connectivity index (χ0n) is 10.6. The molecule has 1 aromatic carbocycles. The molecule has 19 heavy (non-hydrogen) atoms. The van der Waals surface area contributed by atoms with Crippen molar-refractivity contribution in [2.24, 2.45) is 0 Å². The van der Waals surface area contributed by atoms with Crippen LogP contribution in [0.5, 0.6) is 0 Å². The first kappa shape index (κ1) is 15.9. The predicted molar refractivity (Wildman–Crippen MR) is 72.3 cm³/mol. The monoisotopic (exact) mass is 287 g/mol. The molecule has 4 N–H and O–H groups in total. The van der Waals surface area contributed by atoms with Crippen LogP contribution in [0.15, 0.2) is 18.2 Å². The lowest BCUT2D eigenvalue weighted by Crippen LogP contribution is -2.24. The highest BCUT2D eigenvalue weighted by atomic mass is 35.5. The number of carboxylic acids is 1. The summed E-state index contributed by atoms with van der Waals surface area (Å²) in [6.45, 7) is 0.556. The fourth-order valence-corrected chi connectivity index (χ4v) is 2.03. The molecule has 0 aliphatic rings. The van der Waals surface area contributed by atoms with Gasteiger partial charge in [0.1, 0.15) is 6.10 Å². The van der Waals surface area contributed by atoms with E-state index in [1.165, 1.54) is 6.07 Å². The molecular formula is C13H18ClNO4. The number of aliphatic hydroxyl groups excluding tert-OH is 2. The molecule has 106 valence electrons. The highest BCUT2D eigenvalue weighted by Gasteiger charge is 2.21. The maximum atomic E-state index is 10.8. The number of aliphatic carboxylic acids is 1. The van der Waals surface area contributed by atoms with Crippen molar-refractivity contribution in [3.8, 4) is 0 Å². The summed E-state index contributed by atoms with van der Waals surface area (Å²) in [5.41, 5.74) is 0.811. The van der Waals surface area contributed by atoms with Crippen LogP contribution in [0, 0.1) is 0 Å². The molecule has 5 nitrogen and oxygen atoms in total. The molecule has 0 aromatic heterocycles. The lowest BCUT2D eigenvalue weighted by molar-refractivity contribution is -0.136. The molecule has 1 aromatic rings. The third kappa shape index (κ3) is 4.80. The van der Waals surface area contributed by atoms with Gasteiger partial charge in [-0.1, -0.05) is 17.7 Å². The molecule has 6 heteroatoms. The average molecular weight is 288 g/mol. The van der Waals surface area contributed by atoms with Crippen molar-refractivity contribution in [2.45, 2.75) is 25.0 Å². The maximum absolute atomic E-state index is 10.8. The molecule has 2 atom stereocenters. The highest BCUT2D eigenvalue weighted by molar-refractivity contribution is 6.30. The number of hydrogen-bond acceptors (Lipinski definition) is 4. The van der Waals surface area contributed by atoms with Crippen LogP contribution in [-0.2, 0) is 11.2 Å². The van der Waals surface area contributed by atoms with Gasteiger partial charge in [-0.05, 0) is 43.3 Å². The van der Waals surface area contributed by atoms with Crippen molar-refractivity contribution in [1.82, 2.24) is 5.32 Å². The zero-order chi connectivity index (χ0) is 14.4. The Labute approximate surface area is 116 Å². The Morgan fingerprint density at radius 2 is 2.11 bits per heavy atom. The van der Waals surface area contributed by atoms with E-state index >= 15 is 0 Å². The van der Waals surface area contributed by atoms with Gasteiger partial charge in [-0.3, -0.25) is 4.79 Å². The maximum Gasteiger partial charge on any atom is 0.307 e. The van der Waals surface area contributed by atoms with Gasteiger partial charge in [0.25, 0.3) is 0 Å². The van der Waals surface area contributed by atoms with E-state index < -0.39 is 18.2 Å². The summed E-state index contributed by atoms with van der Waals surface area (Å²) in [4.78, 5) is 10.8. The number of halogens is 1. The SMILES string of the molecule is CNCCC(O)C(O)c1ccc(Cl)cc1CC(=O)O. The largest absolute Gasteiger partial charge is 0.481 e. The molecular weight excluding hydrogens is 270 g/mol. The molecule has 0 spiro atoms. The molecule has 0 aliphatic heterocycles. The smallest absolute Gasteiger partial charge is 0.307 e. The Kier molecular flexibility index (Phi) is 6.24. The van der Waals surface area contributed by atoms with Crippen molar-refractivity contribution in [1.29, 1.82) is 0 Å². The van der Waals surface area contributed by atoms with Crippen molar-refractivity contribution >= 4 is 17.6 Å². The number of carboxylic acid groups (broad SMARTS) is 1. The number of aliphatic hydroxyl groups is 2. The Balaban J connectivity index is 2.94. The van der Waals surface area contributed by atoms with E-state index in [-0.39, 0.29) is 6.42 Å². The van der Waals surface area contributed by atoms with E-state index in [9.17, 15) is 15.0 Å². The van der Waals surface area contributed by atoms with E-state index in [0.717, 1.165) is 0 Å². The van der Waals surface area contributed by atoms with Gasteiger partial charge >= 0.3 is 5.97 Å². The minimum Gasteiger partial charge on any atom is -0.481 e. The van der Waals surface area contributed by atoms with Crippen molar-refractivity contribution < 1.29 is 20.1 Å². The first-order chi connectivity index (χ1) is 8.95. The molecule has 2 unspecified atom stereocenters. The fraction of sp³-hybridized carbons (Fsp3) is 0.462. The van der Waals surface area contributed by atoms with Crippen molar-refractivity contribution in [2.75, 3.05) is 13.6 Å². The number of rotatable bonds is 7. The van der Waals surface area contributed by atoms with Gasteiger partial charge in [0.15, 0.2) is 0 Å². The van der Waals surface area contributed by atoms with Crippen LogP contribution in [0.3, 0.4) is 0 Å². The van der Waals surface area contributed by atoms with Gasteiger partial charge in [0, 0.05) is 5.02 Å². The molecule has 0 heterocycles. The fourth-order valence-electron chi connectivity index (χ4n) is 1.84. The van der Waals surface area contributed by atoms with Crippen molar-refractivity contribution in [3.05, 3.63) is 34.3 Å². The van der Waals surface area contributed by atoms with Crippen molar-refractivity contribution in [3.63, 3.8) is 0 Å². The van der Waals surface area contributed by atoms with E-state index in [0.29, 0.717) is 29.1 Å². The van der Waals surface area contributed by atoms with Gasteiger partial charge in [-0.2, -0.15) is 0 Å². The van der Waals surface area contributed by atoms with Crippen LogP contribution in [-0.4, -0.2) is 41.0 Å².